The zero-order valence-electron chi connectivity index (χ0n) is 15.6. The minimum absolute atomic E-state index is 0.280. The zero-order chi connectivity index (χ0) is 19.2. The van der Waals surface area contributed by atoms with Crippen molar-refractivity contribution in [3.63, 3.8) is 0 Å². The normalized spacial score (nSPS) is 10.3. The van der Waals surface area contributed by atoms with Gasteiger partial charge in [-0.2, -0.15) is 0 Å². The summed E-state index contributed by atoms with van der Waals surface area (Å²) in [7, 11) is 0. The molecule has 6 nitrogen and oxygen atoms in total. The summed E-state index contributed by atoms with van der Waals surface area (Å²) < 4.78 is 5.59. The molecule has 2 N–H and O–H groups in total. The maximum atomic E-state index is 12.6. The number of benzene rings is 2. The van der Waals surface area contributed by atoms with Crippen LogP contribution >= 0.6 is 0 Å². The lowest BCUT2D eigenvalue weighted by Crippen LogP contribution is -2.15. The summed E-state index contributed by atoms with van der Waals surface area (Å²) in [6.45, 7) is 6.41. The average Bonchev–Trinajstić information content (AvgIpc) is 2.67. The molecule has 27 heavy (non-hydrogen) atoms. The molecule has 0 spiro atoms. The molecular weight excluding hydrogens is 340 g/mol. The first-order valence-electron chi connectivity index (χ1n) is 8.77. The van der Waals surface area contributed by atoms with Crippen molar-refractivity contribution in [3.8, 4) is 5.75 Å². The Morgan fingerprint density at radius 2 is 1.89 bits per heavy atom. The van der Waals surface area contributed by atoms with Gasteiger partial charge in [0.05, 0.1) is 12.3 Å². The van der Waals surface area contributed by atoms with E-state index in [0.717, 1.165) is 22.5 Å². The number of carbonyl (C=O) groups excluding carboxylic acids is 1. The molecule has 3 rings (SSSR count). The van der Waals surface area contributed by atoms with E-state index in [9.17, 15) is 4.79 Å². The van der Waals surface area contributed by atoms with Gasteiger partial charge >= 0.3 is 0 Å². The molecule has 0 aliphatic rings. The van der Waals surface area contributed by atoms with Crippen LogP contribution in [0.1, 0.15) is 28.5 Å². The summed E-state index contributed by atoms with van der Waals surface area (Å²) in [6.07, 6.45) is 1.55. The second-order valence-corrected chi connectivity index (χ2v) is 6.09. The van der Waals surface area contributed by atoms with Crippen molar-refractivity contribution in [2.45, 2.75) is 20.8 Å². The van der Waals surface area contributed by atoms with E-state index >= 15 is 0 Å². The van der Waals surface area contributed by atoms with Crippen molar-refractivity contribution in [1.82, 2.24) is 9.97 Å². The third-order valence-corrected chi connectivity index (χ3v) is 3.96. The van der Waals surface area contributed by atoms with Gasteiger partial charge < -0.3 is 15.4 Å². The lowest BCUT2D eigenvalue weighted by atomic mass is 10.1. The van der Waals surface area contributed by atoms with Crippen molar-refractivity contribution in [2.24, 2.45) is 0 Å². The van der Waals surface area contributed by atoms with Gasteiger partial charge in [-0.1, -0.05) is 24.3 Å². The third-order valence-electron chi connectivity index (χ3n) is 3.96. The fourth-order valence-electron chi connectivity index (χ4n) is 2.57. The van der Waals surface area contributed by atoms with Crippen molar-refractivity contribution in [3.05, 3.63) is 71.5 Å². The summed E-state index contributed by atoms with van der Waals surface area (Å²) >= 11 is 0. The first kappa shape index (κ1) is 18.4. The van der Waals surface area contributed by atoms with Crippen LogP contribution in [0.2, 0.25) is 0 Å². The molecule has 0 atom stereocenters. The predicted octanol–water partition coefficient (Wildman–Crippen LogP) is 4.49. The minimum Gasteiger partial charge on any atom is -0.492 e. The Labute approximate surface area is 158 Å². The Kier molecular flexibility index (Phi) is 5.66. The number of aryl methyl sites for hydroxylation is 2. The minimum atomic E-state index is -0.285. The summed E-state index contributed by atoms with van der Waals surface area (Å²) in [5.41, 5.74) is 3.86. The van der Waals surface area contributed by atoms with E-state index < -0.39 is 0 Å². The van der Waals surface area contributed by atoms with Gasteiger partial charge in [-0.25, -0.2) is 9.97 Å². The smallest absolute Gasteiger partial charge is 0.274 e. The van der Waals surface area contributed by atoms with Gasteiger partial charge in [-0.15, -0.1) is 0 Å². The van der Waals surface area contributed by atoms with Gasteiger partial charge in [-0.3, -0.25) is 4.79 Å². The molecule has 0 fully saturated rings. The fourth-order valence-corrected chi connectivity index (χ4v) is 2.57. The molecule has 1 heterocycles. The first-order chi connectivity index (χ1) is 13.1. The number of aromatic nitrogens is 2. The van der Waals surface area contributed by atoms with Crippen molar-refractivity contribution in [1.29, 1.82) is 0 Å². The van der Waals surface area contributed by atoms with E-state index in [2.05, 4.69) is 20.6 Å². The number of hydrogen-bond donors (Lipinski definition) is 2. The van der Waals surface area contributed by atoms with Crippen LogP contribution in [0.25, 0.3) is 0 Å². The molecule has 0 saturated carbocycles. The summed E-state index contributed by atoms with van der Waals surface area (Å²) in [6, 6.07) is 15.0. The number of nitrogens with zero attached hydrogens (tertiary/aromatic N) is 2. The van der Waals surface area contributed by atoms with Gasteiger partial charge in [0.15, 0.2) is 0 Å². The standard InChI is InChI=1S/C21H22N4O2/c1-4-27-19-8-6-5-7-16(19)24-21-22-12-11-17(25-21)20(26)23-18-13-14(2)9-10-15(18)3/h5-13H,4H2,1-3H3,(H,23,26)(H,22,24,25). The summed E-state index contributed by atoms with van der Waals surface area (Å²) in [5, 5.41) is 6.02. The van der Waals surface area contributed by atoms with Crippen LogP contribution in [0, 0.1) is 13.8 Å². The highest BCUT2D eigenvalue weighted by Gasteiger charge is 2.12. The van der Waals surface area contributed by atoms with Crippen molar-refractivity contribution in [2.75, 3.05) is 17.2 Å². The van der Waals surface area contributed by atoms with Crippen LogP contribution in [0.4, 0.5) is 17.3 Å². The highest BCUT2D eigenvalue weighted by molar-refractivity contribution is 6.03. The van der Waals surface area contributed by atoms with Gasteiger partial charge in [-0.05, 0) is 56.2 Å². The molecule has 0 radical (unpaired) electrons. The Hall–Kier alpha value is -3.41. The molecule has 138 valence electrons. The van der Waals surface area contributed by atoms with Gasteiger partial charge in [0.25, 0.3) is 5.91 Å². The van der Waals surface area contributed by atoms with Crippen LogP contribution in [-0.4, -0.2) is 22.5 Å². The van der Waals surface area contributed by atoms with Crippen LogP contribution in [0.3, 0.4) is 0 Å². The van der Waals surface area contributed by atoms with E-state index in [1.54, 1.807) is 12.3 Å². The van der Waals surface area contributed by atoms with Crippen LogP contribution < -0.4 is 15.4 Å². The van der Waals surface area contributed by atoms with E-state index in [-0.39, 0.29) is 11.6 Å². The largest absolute Gasteiger partial charge is 0.492 e. The Morgan fingerprint density at radius 3 is 2.70 bits per heavy atom. The SMILES string of the molecule is CCOc1ccccc1Nc1nccc(C(=O)Nc2cc(C)ccc2C)n1. The van der Waals surface area contributed by atoms with E-state index in [1.807, 2.05) is 63.2 Å². The lowest BCUT2D eigenvalue weighted by Gasteiger charge is -2.12. The molecule has 0 bridgehead atoms. The zero-order valence-corrected chi connectivity index (χ0v) is 15.6. The molecular formula is C21H22N4O2. The van der Waals surface area contributed by atoms with Gasteiger partial charge in [0.1, 0.15) is 11.4 Å². The third kappa shape index (κ3) is 4.61. The van der Waals surface area contributed by atoms with Crippen LogP contribution in [0.5, 0.6) is 5.75 Å². The fraction of sp³-hybridized carbons (Fsp3) is 0.190. The number of carbonyl (C=O) groups is 1. The molecule has 3 aromatic rings. The van der Waals surface area contributed by atoms with Crippen molar-refractivity contribution < 1.29 is 9.53 Å². The summed E-state index contributed by atoms with van der Waals surface area (Å²) in [5.74, 6) is 0.747. The van der Waals surface area contributed by atoms with E-state index in [1.165, 1.54) is 0 Å². The molecule has 2 aromatic carbocycles. The number of nitrogens with one attached hydrogen (secondary N) is 2. The maximum Gasteiger partial charge on any atom is 0.274 e. The maximum absolute atomic E-state index is 12.6. The Bertz CT molecular complexity index is 956. The molecule has 6 heteroatoms. The number of rotatable bonds is 6. The number of ether oxygens (including phenoxy) is 1. The number of para-hydroxylation sites is 2. The van der Waals surface area contributed by atoms with Gasteiger partial charge in [0, 0.05) is 11.9 Å². The second-order valence-electron chi connectivity index (χ2n) is 6.09. The first-order valence-corrected chi connectivity index (χ1v) is 8.77. The Balaban J connectivity index is 1.79. The molecule has 1 amide bonds. The second kappa shape index (κ2) is 8.31. The van der Waals surface area contributed by atoms with Crippen molar-refractivity contribution >= 4 is 23.2 Å². The molecule has 0 saturated heterocycles. The van der Waals surface area contributed by atoms with Gasteiger partial charge in [0.2, 0.25) is 5.95 Å². The topological polar surface area (TPSA) is 76.1 Å². The summed E-state index contributed by atoms with van der Waals surface area (Å²) in [4.78, 5) is 21.1. The number of hydrogen-bond acceptors (Lipinski definition) is 5. The van der Waals surface area contributed by atoms with Crippen LogP contribution in [-0.2, 0) is 0 Å². The lowest BCUT2D eigenvalue weighted by molar-refractivity contribution is 0.102. The molecule has 0 aliphatic heterocycles. The number of amides is 1. The van der Waals surface area contributed by atoms with E-state index in [4.69, 9.17) is 4.74 Å². The van der Waals surface area contributed by atoms with Crippen LogP contribution in [0.15, 0.2) is 54.7 Å². The molecule has 1 aromatic heterocycles. The quantitative estimate of drug-likeness (QED) is 0.676. The molecule has 0 unspecified atom stereocenters. The number of anilines is 3. The highest BCUT2D eigenvalue weighted by atomic mass is 16.5. The molecule has 0 aliphatic carbocycles. The van der Waals surface area contributed by atoms with E-state index in [0.29, 0.717) is 18.3 Å². The average molecular weight is 362 g/mol. The predicted molar refractivity (Wildman–Crippen MR) is 107 cm³/mol. The highest BCUT2D eigenvalue weighted by Crippen LogP contribution is 2.26. The Morgan fingerprint density at radius 1 is 1.07 bits per heavy atom. The monoisotopic (exact) mass is 362 g/mol.